The molecule has 2 N–H and O–H groups in total. The molecular formula is C18H29ClN2O. The van der Waals surface area contributed by atoms with E-state index in [9.17, 15) is 4.79 Å². The van der Waals surface area contributed by atoms with Crippen LogP contribution in [0.3, 0.4) is 0 Å². The van der Waals surface area contributed by atoms with E-state index in [0.29, 0.717) is 12.3 Å². The van der Waals surface area contributed by atoms with Gasteiger partial charge in [0.05, 0.1) is 0 Å². The predicted molar refractivity (Wildman–Crippen MR) is 94.7 cm³/mol. The molecule has 1 saturated heterocycles. The molecule has 1 fully saturated rings. The van der Waals surface area contributed by atoms with E-state index in [1.165, 1.54) is 11.1 Å². The van der Waals surface area contributed by atoms with Crippen molar-refractivity contribution in [3.8, 4) is 0 Å². The van der Waals surface area contributed by atoms with Gasteiger partial charge >= 0.3 is 0 Å². The zero-order valence-electron chi connectivity index (χ0n) is 13.9. The number of benzene rings is 1. The van der Waals surface area contributed by atoms with E-state index in [4.69, 9.17) is 0 Å². The topological polar surface area (TPSA) is 41.1 Å². The Labute approximate surface area is 140 Å². The largest absolute Gasteiger partial charge is 0.352 e. The number of hydrogen-bond acceptors (Lipinski definition) is 2. The van der Waals surface area contributed by atoms with Gasteiger partial charge < -0.3 is 10.6 Å². The molecule has 0 aromatic heterocycles. The predicted octanol–water partition coefficient (Wildman–Crippen LogP) is 3.28. The molecule has 0 bridgehead atoms. The molecule has 3 nitrogen and oxygen atoms in total. The molecule has 1 aromatic rings. The zero-order valence-corrected chi connectivity index (χ0v) is 14.7. The molecule has 4 heteroatoms. The quantitative estimate of drug-likeness (QED) is 0.872. The number of halogens is 1. The summed E-state index contributed by atoms with van der Waals surface area (Å²) in [6, 6.07) is 8.91. The lowest BCUT2D eigenvalue weighted by molar-refractivity contribution is -0.122. The van der Waals surface area contributed by atoms with E-state index in [-0.39, 0.29) is 30.3 Å². The number of rotatable bonds is 5. The van der Waals surface area contributed by atoms with Crippen LogP contribution >= 0.6 is 12.4 Å². The van der Waals surface area contributed by atoms with Gasteiger partial charge in [-0.05, 0) is 42.3 Å². The summed E-state index contributed by atoms with van der Waals surface area (Å²) in [6.07, 6.45) is 2.76. The molecule has 2 rings (SSSR count). The van der Waals surface area contributed by atoms with Crippen LogP contribution in [0.1, 0.15) is 50.7 Å². The number of nitrogens with one attached hydrogen (secondary N) is 2. The van der Waals surface area contributed by atoms with Crippen molar-refractivity contribution in [3.05, 3.63) is 35.4 Å². The Kier molecular flexibility index (Phi) is 7.91. The van der Waals surface area contributed by atoms with E-state index >= 15 is 0 Å². The second-order valence-corrected chi connectivity index (χ2v) is 6.34. The monoisotopic (exact) mass is 324 g/mol. The minimum absolute atomic E-state index is 0. The van der Waals surface area contributed by atoms with Crippen LogP contribution in [0.2, 0.25) is 0 Å². The summed E-state index contributed by atoms with van der Waals surface area (Å²) in [6.45, 7) is 8.47. The number of carbonyl (C=O) groups excluding carboxylic acids is 1. The van der Waals surface area contributed by atoms with Gasteiger partial charge in [0, 0.05) is 19.0 Å². The average Bonchev–Trinajstić information content (AvgIpc) is 2.49. The minimum Gasteiger partial charge on any atom is -0.352 e. The second-order valence-electron chi connectivity index (χ2n) is 6.34. The highest BCUT2D eigenvalue weighted by molar-refractivity contribution is 5.85. The Morgan fingerprint density at radius 3 is 2.64 bits per heavy atom. The van der Waals surface area contributed by atoms with E-state index in [2.05, 4.69) is 55.7 Å². The first-order valence-corrected chi connectivity index (χ1v) is 8.19. The smallest absolute Gasteiger partial charge is 0.220 e. The Morgan fingerprint density at radius 2 is 2.05 bits per heavy atom. The van der Waals surface area contributed by atoms with E-state index in [1.807, 2.05) is 0 Å². The molecule has 1 aromatic carbocycles. The summed E-state index contributed by atoms with van der Waals surface area (Å²) in [5.41, 5.74) is 2.59. The summed E-state index contributed by atoms with van der Waals surface area (Å²) < 4.78 is 0. The third-order valence-corrected chi connectivity index (χ3v) is 4.62. The Balaban J connectivity index is 0.00000242. The van der Waals surface area contributed by atoms with Crippen molar-refractivity contribution in [2.24, 2.45) is 5.92 Å². The SMILES string of the molecule is CCc1ccc(C(C)CC(=O)NC2CNCCC2C)cc1.Cl. The van der Waals surface area contributed by atoms with E-state index < -0.39 is 0 Å². The molecule has 3 unspecified atom stereocenters. The van der Waals surface area contributed by atoms with Crippen molar-refractivity contribution in [2.45, 2.75) is 52.0 Å². The maximum Gasteiger partial charge on any atom is 0.220 e. The number of amides is 1. The van der Waals surface area contributed by atoms with Gasteiger partial charge in [-0.3, -0.25) is 4.79 Å². The molecule has 22 heavy (non-hydrogen) atoms. The van der Waals surface area contributed by atoms with Crippen molar-refractivity contribution < 1.29 is 4.79 Å². The van der Waals surface area contributed by atoms with Crippen LogP contribution in [0, 0.1) is 5.92 Å². The van der Waals surface area contributed by atoms with E-state index in [0.717, 1.165) is 25.9 Å². The highest BCUT2D eigenvalue weighted by Gasteiger charge is 2.23. The lowest BCUT2D eigenvalue weighted by atomic mass is 9.93. The van der Waals surface area contributed by atoms with Crippen LogP contribution in [0.15, 0.2) is 24.3 Å². The molecular weight excluding hydrogens is 296 g/mol. The number of carbonyl (C=O) groups is 1. The normalized spacial score (nSPS) is 22.5. The summed E-state index contributed by atoms with van der Waals surface area (Å²) in [4.78, 5) is 12.2. The fraction of sp³-hybridized carbons (Fsp3) is 0.611. The van der Waals surface area contributed by atoms with Crippen molar-refractivity contribution in [1.82, 2.24) is 10.6 Å². The Bertz CT molecular complexity index is 461. The summed E-state index contributed by atoms with van der Waals surface area (Å²) >= 11 is 0. The molecule has 0 aliphatic carbocycles. The standard InChI is InChI=1S/C18H28N2O.ClH/c1-4-15-5-7-16(8-6-15)14(3)11-18(21)20-17-12-19-10-9-13(17)2;/h5-8,13-14,17,19H,4,9-12H2,1-3H3,(H,20,21);1H. The van der Waals surface area contributed by atoms with Gasteiger partial charge in [0.15, 0.2) is 0 Å². The van der Waals surface area contributed by atoms with Crippen molar-refractivity contribution in [3.63, 3.8) is 0 Å². The molecule has 1 aliphatic rings. The second kappa shape index (κ2) is 9.16. The van der Waals surface area contributed by atoms with Crippen LogP contribution < -0.4 is 10.6 Å². The minimum atomic E-state index is 0. The first kappa shape index (κ1) is 19.0. The van der Waals surface area contributed by atoms with Crippen LogP contribution in [-0.2, 0) is 11.2 Å². The molecule has 0 spiro atoms. The number of piperidine rings is 1. The summed E-state index contributed by atoms with van der Waals surface area (Å²) in [7, 11) is 0. The van der Waals surface area contributed by atoms with Gasteiger partial charge in [0.2, 0.25) is 5.91 Å². The lowest BCUT2D eigenvalue weighted by Gasteiger charge is -2.30. The maximum atomic E-state index is 12.2. The molecule has 1 heterocycles. The maximum absolute atomic E-state index is 12.2. The number of aryl methyl sites for hydroxylation is 1. The summed E-state index contributed by atoms with van der Waals surface area (Å²) in [5, 5.41) is 6.54. The average molecular weight is 325 g/mol. The molecule has 1 aliphatic heterocycles. The summed E-state index contributed by atoms with van der Waals surface area (Å²) in [5.74, 6) is 1.000. The zero-order chi connectivity index (χ0) is 15.2. The van der Waals surface area contributed by atoms with Gasteiger partial charge in [-0.2, -0.15) is 0 Å². The fourth-order valence-electron chi connectivity index (χ4n) is 2.93. The van der Waals surface area contributed by atoms with E-state index in [1.54, 1.807) is 0 Å². The Hall–Kier alpha value is -1.06. The number of hydrogen-bond donors (Lipinski definition) is 2. The molecule has 0 radical (unpaired) electrons. The van der Waals surface area contributed by atoms with Gasteiger partial charge in [-0.25, -0.2) is 0 Å². The first-order valence-electron chi connectivity index (χ1n) is 8.19. The molecule has 124 valence electrons. The van der Waals surface area contributed by atoms with Crippen LogP contribution in [0.4, 0.5) is 0 Å². The van der Waals surface area contributed by atoms with Crippen molar-refractivity contribution in [2.75, 3.05) is 13.1 Å². The highest BCUT2D eigenvalue weighted by Crippen LogP contribution is 2.20. The van der Waals surface area contributed by atoms with Gasteiger partial charge in [0.1, 0.15) is 0 Å². The molecule has 1 amide bonds. The van der Waals surface area contributed by atoms with Gasteiger partial charge in [0.25, 0.3) is 0 Å². The van der Waals surface area contributed by atoms with Crippen molar-refractivity contribution in [1.29, 1.82) is 0 Å². The third-order valence-electron chi connectivity index (χ3n) is 4.62. The van der Waals surface area contributed by atoms with Crippen LogP contribution in [-0.4, -0.2) is 25.0 Å². The van der Waals surface area contributed by atoms with Gasteiger partial charge in [-0.1, -0.05) is 45.0 Å². The lowest BCUT2D eigenvalue weighted by Crippen LogP contribution is -2.50. The highest BCUT2D eigenvalue weighted by atomic mass is 35.5. The molecule has 0 saturated carbocycles. The van der Waals surface area contributed by atoms with Crippen LogP contribution in [0.5, 0.6) is 0 Å². The molecule has 3 atom stereocenters. The van der Waals surface area contributed by atoms with Crippen molar-refractivity contribution >= 4 is 18.3 Å². The van der Waals surface area contributed by atoms with Gasteiger partial charge in [-0.15, -0.1) is 12.4 Å². The Morgan fingerprint density at radius 1 is 1.36 bits per heavy atom. The fourth-order valence-corrected chi connectivity index (χ4v) is 2.93. The third kappa shape index (κ3) is 5.29. The first-order chi connectivity index (χ1) is 10.1. The van der Waals surface area contributed by atoms with Crippen LogP contribution in [0.25, 0.3) is 0 Å².